The monoisotopic (exact) mass is 278 g/mol. The van der Waals surface area contributed by atoms with Gasteiger partial charge in [0.2, 0.25) is 0 Å². The third-order valence-corrected chi connectivity index (χ3v) is 4.33. The average Bonchev–Trinajstić information content (AvgIpc) is 2.93. The normalized spacial score (nSPS) is 14.4. The smallest absolute Gasteiger partial charge is 0.111 e. The first-order valence-electron chi connectivity index (χ1n) is 8.73. The summed E-state index contributed by atoms with van der Waals surface area (Å²) >= 11 is 0. The van der Waals surface area contributed by atoms with Gasteiger partial charge in [0.05, 0.1) is 0 Å². The van der Waals surface area contributed by atoms with Crippen molar-refractivity contribution in [2.24, 2.45) is 0 Å². The lowest BCUT2D eigenvalue weighted by Crippen LogP contribution is -2.11. The second kappa shape index (κ2) is 10.0. The molecule has 2 heteroatoms. The minimum absolute atomic E-state index is 0.593. The number of hydrogen-bond acceptors (Lipinski definition) is 1. The maximum atomic E-state index is 4.62. The molecule has 0 saturated heterocycles. The molecule has 0 saturated carbocycles. The van der Waals surface area contributed by atoms with Crippen LogP contribution in [0.2, 0.25) is 0 Å². The SMILES string of the molecule is CCCCCCCC(C)c1nccn1C(C)CCCC. The van der Waals surface area contributed by atoms with Gasteiger partial charge in [-0.05, 0) is 19.8 Å². The highest BCUT2D eigenvalue weighted by atomic mass is 15.1. The molecule has 0 bridgehead atoms. The van der Waals surface area contributed by atoms with Crippen LogP contribution in [0.1, 0.15) is 103 Å². The minimum Gasteiger partial charge on any atom is -0.332 e. The Balaban J connectivity index is 2.43. The summed E-state index contributed by atoms with van der Waals surface area (Å²) in [4.78, 5) is 4.62. The molecule has 0 aliphatic carbocycles. The molecule has 0 aliphatic rings. The molecule has 0 amide bonds. The van der Waals surface area contributed by atoms with Gasteiger partial charge in [-0.15, -0.1) is 0 Å². The third kappa shape index (κ3) is 5.68. The standard InChI is InChI=1S/C18H34N2/c1-5-7-9-10-11-12-16(3)18-19-14-15-20(18)17(4)13-8-6-2/h14-17H,5-13H2,1-4H3. The van der Waals surface area contributed by atoms with E-state index in [1.165, 1.54) is 63.6 Å². The molecule has 0 aromatic carbocycles. The Morgan fingerprint density at radius 1 is 0.950 bits per heavy atom. The summed E-state index contributed by atoms with van der Waals surface area (Å²) in [5, 5.41) is 0. The molecular weight excluding hydrogens is 244 g/mol. The Morgan fingerprint density at radius 3 is 2.35 bits per heavy atom. The Bertz CT molecular complexity index is 343. The van der Waals surface area contributed by atoms with Gasteiger partial charge in [0, 0.05) is 24.4 Å². The first kappa shape index (κ1) is 17.3. The highest BCUT2D eigenvalue weighted by Gasteiger charge is 2.15. The van der Waals surface area contributed by atoms with Crippen LogP contribution in [0.15, 0.2) is 12.4 Å². The fourth-order valence-corrected chi connectivity index (χ4v) is 2.90. The van der Waals surface area contributed by atoms with Crippen molar-refractivity contribution in [3.8, 4) is 0 Å². The maximum absolute atomic E-state index is 4.62. The van der Waals surface area contributed by atoms with Crippen molar-refractivity contribution >= 4 is 0 Å². The van der Waals surface area contributed by atoms with Crippen molar-refractivity contribution < 1.29 is 0 Å². The van der Waals surface area contributed by atoms with Crippen LogP contribution in [0.5, 0.6) is 0 Å². The quantitative estimate of drug-likeness (QED) is 0.447. The van der Waals surface area contributed by atoms with Crippen molar-refractivity contribution in [3.05, 3.63) is 18.2 Å². The van der Waals surface area contributed by atoms with Gasteiger partial charge in [-0.3, -0.25) is 0 Å². The topological polar surface area (TPSA) is 17.8 Å². The van der Waals surface area contributed by atoms with Gasteiger partial charge in [0.1, 0.15) is 5.82 Å². The summed E-state index contributed by atoms with van der Waals surface area (Å²) < 4.78 is 2.41. The van der Waals surface area contributed by atoms with Crippen molar-refractivity contribution in [2.45, 2.75) is 97.4 Å². The summed E-state index contributed by atoms with van der Waals surface area (Å²) in [6, 6.07) is 0.593. The van der Waals surface area contributed by atoms with Crippen molar-refractivity contribution in [3.63, 3.8) is 0 Å². The van der Waals surface area contributed by atoms with E-state index in [1.54, 1.807) is 0 Å². The van der Waals surface area contributed by atoms with Crippen molar-refractivity contribution in [1.29, 1.82) is 0 Å². The predicted octanol–water partition coefficient (Wildman–Crippen LogP) is 6.10. The lowest BCUT2D eigenvalue weighted by molar-refractivity contribution is 0.446. The molecule has 2 atom stereocenters. The van der Waals surface area contributed by atoms with Crippen LogP contribution in [-0.2, 0) is 0 Å². The van der Waals surface area contributed by atoms with Crippen LogP contribution in [0, 0.1) is 0 Å². The summed E-state index contributed by atoms with van der Waals surface area (Å²) in [7, 11) is 0. The number of unbranched alkanes of at least 4 members (excludes halogenated alkanes) is 5. The molecule has 0 radical (unpaired) electrons. The van der Waals surface area contributed by atoms with E-state index in [4.69, 9.17) is 0 Å². The summed E-state index contributed by atoms with van der Waals surface area (Å²) in [6.45, 7) is 9.21. The molecule has 0 N–H and O–H groups in total. The van der Waals surface area contributed by atoms with E-state index in [1.807, 2.05) is 6.20 Å². The van der Waals surface area contributed by atoms with Crippen LogP contribution >= 0.6 is 0 Å². The second-order valence-corrected chi connectivity index (χ2v) is 6.29. The molecule has 2 unspecified atom stereocenters. The van der Waals surface area contributed by atoms with E-state index in [2.05, 4.69) is 43.4 Å². The van der Waals surface area contributed by atoms with Gasteiger partial charge >= 0.3 is 0 Å². The fourth-order valence-electron chi connectivity index (χ4n) is 2.90. The predicted molar refractivity (Wildman–Crippen MR) is 88.3 cm³/mol. The summed E-state index contributed by atoms with van der Waals surface area (Å²) in [5.41, 5.74) is 0. The molecule has 1 heterocycles. The largest absolute Gasteiger partial charge is 0.332 e. The van der Waals surface area contributed by atoms with Crippen LogP contribution < -0.4 is 0 Å². The van der Waals surface area contributed by atoms with Gasteiger partial charge < -0.3 is 4.57 Å². The highest BCUT2D eigenvalue weighted by molar-refractivity contribution is 5.00. The Kier molecular flexibility index (Phi) is 8.64. The zero-order valence-corrected chi connectivity index (χ0v) is 14.1. The summed E-state index contributed by atoms with van der Waals surface area (Å²) in [6.07, 6.45) is 16.1. The Hall–Kier alpha value is -0.790. The number of aromatic nitrogens is 2. The Labute approximate surface area is 126 Å². The maximum Gasteiger partial charge on any atom is 0.111 e. The van der Waals surface area contributed by atoms with Gasteiger partial charge in [0.15, 0.2) is 0 Å². The number of nitrogens with zero attached hydrogens (tertiary/aromatic N) is 2. The number of hydrogen-bond donors (Lipinski definition) is 0. The average molecular weight is 278 g/mol. The molecule has 116 valence electrons. The second-order valence-electron chi connectivity index (χ2n) is 6.29. The van der Waals surface area contributed by atoms with Gasteiger partial charge in [-0.25, -0.2) is 4.98 Å². The van der Waals surface area contributed by atoms with E-state index >= 15 is 0 Å². The zero-order valence-electron chi connectivity index (χ0n) is 14.1. The highest BCUT2D eigenvalue weighted by Crippen LogP contribution is 2.25. The molecule has 0 fully saturated rings. The number of rotatable bonds is 11. The van der Waals surface area contributed by atoms with E-state index in [0.29, 0.717) is 12.0 Å². The van der Waals surface area contributed by atoms with Crippen molar-refractivity contribution in [2.75, 3.05) is 0 Å². The minimum atomic E-state index is 0.593. The van der Waals surface area contributed by atoms with E-state index < -0.39 is 0 Å². The van der Waals surface area contributed by atoms with Crippen LogP contribution in [0.4, 0.5) is 0 Å². The van der Waals surface area contributed by atoms with Crippen LogP contribution in [-0.4, -0.2) is 9.55 Å². The lowest BCUT2D eigenvalue weighted by Gasteiger charge is -2.19. The molecule has 1 rings (SSSR count). The Morgan fingerprint density at radius 2 is 1.65 bits per heavy atom. The lowest BCUT2D eigenvalue weighted by atomic mass is 10.0. The number of imidazole rings is 1. The van der Waals surface area contributed by atoms with Gasteiger partial charge in [0.25, 0.3) is 0 Å². The summed E-state index contributed by atoms with van der Waals surface area (Å²) in [5.74, 6) is 1.89. The molecule has 1 aromatic rings. The van der Waals surface area contributed by atoms with E-state index in [0.717, 1.165) is 0 Å². The molecule has 0 spiro atoms. The van der Waals surface area contributed by atoms with Crippen molar-refractivity contribution in [1.82, 2.24) is 9.55 Å². The molecular formula is C18H34N2. The molecule has 20 heavy (non-hydrogen) atoms. The first-order valence-corrected chi connectivity index (χ1v) is 8.73. The zero-order chi connectivity index (χ0) is 14.8. The van der Waals surface area contributed by atoms with E-state index in [9.17, 15) is 0 Å². The molecule has 2 nitrogen and oxygen atoms in total. The van der Waals surface area contributed by atoms with Gasteiger partial charge in [-0.2, -0.15) is 0 Å². The molecule has 0 aliphatic heterocycles. The van der Waals surface area contributed by atoms with Crippen LogP contribution in [0.3, 0.4) is 0 Å². The van der Waals surface area contributed by atoms with E-state index in [-0.39, 0.29) is 0 Å². The fraction of sp³-hybridized carbons (Fsp3) is 0.833. The third-order valence-electron chi connectivity index (χ3n) is 4.33. The molecule has 1 aromatic heterocycles. The first-order chi connectivity index (χ1) is 9.70. The van der Waals surface area contributed by atoms with Gasteiger partial charge in [-0.1, -0.05) is 65.7 Å². The van der Waals surface area contributed by atoms with Crippen LogP contribution in [0.25, 0.3) is 0 Å².